The van der Waals surface area contributed by atoms with Crippen LogP contribution in [0.15, 0.2) is 33.3 Å². The molecule has 0 atom stereocenters. The van der Waals surface area contributed by atoms with Gasteiger partial charge in [0.15, 0.2) is 0 Å². The van der Waals surface area contributed by atoms with Crippen LogP contribution < -0.4 is 10.1 Å². The molecule has 0 radical (unpaired) electrons. The van der Waals surface area contributed by atoms with Crippen LogP contribution in [0.2, 0.25) is 0 Å². The number of halogens is 2. The highest BCUT2D eigenvalue weighted by molar-refractivity contribution is 9.11. The van der Waals surface area contributed by atoms with Gasteiger partial charge in [-0.3, -0.25) is 0 Å². The summed E-state index contributed by atoms with van der Waals surface area (Å²) in [4.78, 5) is 8.55. The molecule has 0 fully saturated rings. The van der Waals surface area contributed by atoms with Gasteiger partial charge >= 0.3 is 0 Å². The lowest BCUT2D eigenvalue weighted by Gasteiger charge is -2.10. The molecule has 106 valence electrons. The van der Waals surface area contributed by atoms with E-state index in [9.17, 15) is 0 Å². The largest absolute Gasteiger partial charge is 0.437 e. The van der Waals surface area contributed by atoms with Crippen molar-refractivity contribution >= 4 is 37.8 Å². The van der Waals surface area contributed by atoms with Gasteiger partial charge in [-0.15, -0.1) is 0 Å². The van der Waals surface area contributed by atoms with E-state index in [1.54, 1.807) is 6.20 Å². The van der Waals surface area contributed by atoms with E-state index in [2.05, 4.69) is 54.1 Å². The minimum Gasteiger partial charge on any atom is -0.437 e. The summed E-state index contributed by atoms with van der Waals surface area (Å²) >= 11 is 6.89. The summed E-state index contributed by atoms with van der Waals surface area (Å²) in [5.74, 6) is 1.77. The fraction of sp³-hybridized carbons (Fsp3) is 0.286. The lowest BCUT2D eigenvalue weighted by atomic mass is 10.2. The van der Waals surface area contributed by atoms with Crippen molar-refractivity contribution in [2.75, 3.05) is 11.9 Å². The first-order chi connectivity index (χ1) is 9.60. The number of ether oxygens (including phenoxy) is 1. The topological polar surface area (TPSA) is 47.0 Å². The zero-order chi connectivity index (χ0) is 14.5. The lowest BCUT2D eigenvalue weighted by Crippen LogP contribution is -2.05. The van der Waals surface area contributed by atoms with Crippen molar-refractivity contribution in [3.05, 3.63) is 38.9 Å². The van der Waals surface area contributed by atoms with Gasteiger partial charge < -0.3 is 10.1 Å². The SMILES string of the molecule is CCCNc1ncc(Br)c(Oc2ccc(C)cc2Br)n1. The first kappa shape index (κ1) is 15.3. The maximum Gasteiger partial charge on any atom is 0.238 e. The van der Waals surface area contributed by atoms with Gasteiger partial charge in [0.2, 0.25) is 11.8 Å². The molecule has 2 aromatic rings. The van der Waals surface area contributed by atoms with Gasteiger partial charge in [-0.05, 0) is 62.9 Å². The van der Waals surface area contributed by atoms with Crippen LogP contribution in [0, 0.1) is 6.92 Å². The van der Waals surface area contributed by atoms with E-state index in [1.165, 1.54) is 0 Å². The monoisotopic (exact) mass is 399 g/mol. The highest BCUT2D eigenvalue weighted by Crippen LogP contribution is 2.33. The minimum atomic E-state index is 0.489. The van der Waals surface area contributed by atoms with E-state index in [0.29, 0.717) is 16.3 Å². The van der Waals surface area contributed by atoms with Crippen molar-refractivity contribution in [2.24, 2.45) is 0 Å². The maximum absolute atomic E-state index is 5.83. The Hall–Kier alpha value is -1.14. The van der Waals surface area contributed by atoms with E-state index in [4.69, 9.17) is 4.74 Å². The number of nitrogens with one attached hydrogen (secondary N) is 1. The summed E-state index contributed by atoms with van der Waals surface area (Å²) in [6.45, 7) is 4.95. The van der Waals surface area contributed by atoms with E-state index in [1.807, 2.05) is 25.1 Å². The maximum atomic E-state index is 5.83. The van der Waals surface area contributed by atoms with Crippen molar-refractivity contribution in [3.63, 3.8) is 0 Å². The van der Waals surface area contributed by atoms with E-state index >= 15 is 0 Å². The Kier molecular flexibility index (Phi) is 5.37. The Morgan fingerprint density at radius 2 is 2.05 bits per heavy atom. The molecule has 0 aliphatic carbocycles. The normalized spacial score (nSPS) is 10.4. The number of benzene rings is 1. The fourth-order valence-corrected chi connectivity index (χ4v) is 2.38. The van der Waals surface area contributed by atoms with Crippen LogP contribution in [0.1, 0.15) is 18.9 Å². The summed E-state index contributed by atoms with van der Waals surface area (Å²) in [6.07, 6.45) is 2.70. The molecule has 6 heteroatoms. The Morgan fingerprint density at radius 1 is 1.25 bits per heavy atom. The number of aromatic nitrogens is 2. The lowest BCUT2D eigenvalue weighted by molar-refractivity contribution is 0.456. The highest BCUT2D eigenvalue weighted by atomic mass is 79.9. The molecule has 1 aromatic carbocycles. The van der Waals surface area contributed by atoms with E-state index < -0.39 is 0 Å². The molecular weight excluding hydrogens is 386 g/mol. The summed E-state index contributed by atoms with van der Waals surface area (Å²) in [5, 5.41) is 3.14. The van der Waals surface area contributed by atoms with Crippen LogP contribution in [-0.4, -0.2) is 16.5 Å². The number of nitrogens with zero attached hydrogens (tertiary/aromatic N) is 2. The van der Waals surface area contributed by atoms with Crippen molar-refractivity contribution in [1.29, 1.82) is 0 Å². The van der Waals surface area contributed by atoms with Crippen molar-refractivity contribution in [2.45, 2.75) is 20.3 Å². The quantitative estimate of drug-likeness (QED) is 0.773. The first-order valence-electron chi connectivity index (χ1n) is 6.30. The third-order valence-corrected chi connectivity index (χ3v) is 3.70. The Balaban J connectivity index is 2.23. The minimum absolute atomic E-state index is 0.489. The van der Waals surface area contributed by atoms with Crippen LogP contribution in [-0.2, 0) is 0 Å². The molecule has 1 N–H and O–H groups in total. The summed E-state index contributed by atoms with van der Waals surface area (Å²) in [6, 6.07) is 5.90. The molecule has 0 aliphatic heterocycles. The van der Waals surface area contributed by atoms with Crippen LogP contribution in [0.4, 0.5) is 5.95 Å². The fourth-order valence-electron chi connectivity index (χ4n) is 1.54. The predicted octanol–water partition coefficient (Wildman–Crippen LogP) is 4.92. The summed E-state index contributed by atoms with van der Waals surface area (Å²) < 4.78 is 7.44. The first-order valence-corrected chi connectivity index (χ1v) is 7.89. The van der Waals surface area contributed by atoms with Gasteiger partial charge in [-0.25, -0.2) is 4.98 Å². The van der Waals surface area contributed by atoms with Gasteiger partial charge in [0, 0.05) is 6.54 Å². The molecular formula is C14H15Br2N3O. The van der Waals surface area contributed by atoms with Crippen LogP contribution in [0.25, 0.3) is 0 Å². The second-order valence-corrected chi connectivity index (χ2v) is 6.02. The second kappa shape index (κ2) is 7.04. The Morgan fingerprint density at radius 3 is 2.75 bits per heavy atom. The van der Waals surface area contributed by atoms with Crippen LogP contribution >= 0.6 is 31.9 Å². The third-order valence-electron chi connectivity index (χ3n) is 2.54. The smallest absolute Gasteiger partial charge is 0.238 e. The van der Waals surface area contributed by atoms with E-state index in [-0.39, 0.29) is 0 Å². The number of hydrogen-bond donors (Lipinski definition) is 1. The van der Waals surface area contributed by atoms with Crippen molar-refractivity contribution in [1.82, 2.24) is 9.97 Å². The van der Waals surface area contributed by atoms with Gasteiger partial charge in [-0.1, -0.05) is 13.0 Å². The summed E-state index contributed by atoms with van der Waals surface area (Å²) in [5.41, 5.74) is 1.16. The zero-order valence-electron chi connectivity index (χ0n) is 11.3. The molecule has 1 aromatic heterocycles. The molecule has 0 unspecified atom stereocenters. The Labute approximate surface area is 135 Å². The second-order valence-electron chi connectivity index (χ2n) is 4.31. The molecule has 20 heavy (non-hydrogen) atoms. The highest BCUT2D eigenvalue weighted by Gasteiger charge is 2.09. The molecule has 4 nitrogen and oxygen atoms in total. The number of anilines is 1. The van der Waals surface area contributed by atoms with Gasteiger partial charge in [0.1, 0.15) is 5.75 Å². The summed E-state index contributed by atoms with van der Waals surface area (Å²) in [7, 11) is 0. The van der Waals surface area contributed by atoms with Gasteiger partial charge in [0.25, 0.3) is 0 Å². The van der Waals surface area contributed by atoms with Crippen molar-refractivity contribution in [3.8, 4) is 11.6 Å². The molecule has 1 heterocycles. The third kappa shape index (κ3) is 3.93. The molecule has 0 bridgehead atoms. The standard InChI is InChI=1S/C14H15Br2N3O/c1-3-6-17-14-18-8-11(16)13(19-14)20-12-5-4-9(2)7-10(12)15/h4-5,7-8H,3,6H2,1-2H3,(H,17,18,19). The van der Waals surface area contributed by atoms with Gasteiger partial charge in [-0.2, -0.15) is 4.98 Å². The van der Waals surface area contributed by atoms with Gasteiger partial charge in [0.05, 0.1) is 15.1 Å². The molecule has 0 aliphatic rings. The van der Waals surface area contributed by atoms with Crippen LogP contribution in [0.5, 0.6) is 11.6 Å². The van der Waals surface area contributed by atoms with Crippen molar-refractivity contribution < 1.29 is 4.74 Å². The molecule has 0 saturated heterocycles. The zero-order valence-corrected chi connectivity index (χ0v) is 14.5. The predicted molar refractivity (Wildman–Crippen MR) is 87.5 cm³/mol. The number of aryl methyl sites for hydroxylation is 1. The molecule has 0 spiro atoms. The Bertz CT molecular complexity index is 605. The average molecular weight is 401 g/mol. The van der Waals surface area contributed by atoms with E-state index in [0.717, 1.165) is 28.8 Å². The molecule has 0 amide bonds. The number of hydrogen-bond acceptors (Lipinski definition) is 4. The number of rotatable bonds is 5. The average Bonchev–Trinajstić information content (AvgIpc) is 2.42. The van der Waals surface area contributed by atoms with Crippen LogP contribution in [0.3, 0.4) is 0 Å². The molecule has 2 rings (SSSR count). The molecule has 0 saturated carbocycles.